The fraction of sp³-hybridized carbons (Fsp3) is 0.421. The highest BCUT2D eigenvalue weighted by Crippen LogP contribution is 2.37. The highest BCUT2D eigenvalue weighted by Gasteiger charge is 2.28. The molecule has 1 aromatic heterocycles. The summed E-state index contributed by atoms with van der Waals surface area (Å²) < 4.78 is 15.4. The van der Waals surface area contributed by atoms with Gasteiger partial charge in [-0.1, -0.05) is 18.1 Å². The topological polar surface area (TPSA) is 39.1 Å². The predicted octanol–water partition coefficient (Wildman–Crippen LogP) is 3.79. The van der Waals surface area contributed by atoms with Crippen LogP contribution in [-0.2, 0) is 6.42 Å². The van der Waals surface area contributed by atoms with E-state index in [1.807, 2.05) is 30.1 Å². The van der Waals surface area contributed by atoms with Crippen LogP contribution in [0.4, 0.5) is 10.1 Å². The summed E-state index contributed by atoms with van der Waals surface area (Å²) in [5.41, 5.74) is 1.92. The second kappa shape index (κ2) is 7.21. The van der Waals surface area contributed by atoms with Crippen molar-refractivity contribution in [3.05, 3.63) is 28.6 Å². The molecule has 0 radical (unpaired) electrons. The van der Waals surface area contributed by atoms with E-state index in [9.17, 15) is 4.39 Å². The molecular weight excluding hydrogens is 321 g/mol. The average Bonchev–Trinajstić information content (AvgIpc) is 2.90. The summed E-state index contributed by atoms with van der Waals surface area (Å²) in [6.07, 6.45) is 0.243. The van der Waals surface area contributed by atoms with Crippen LogP contribution in [0.1, 0.15) is 23.8 Å². The summed E-state index contributed by atoms with van der Waals surface area (Å²) in [5, 5.41) is 13.6. The SMILES string of the molecule is CC#Cc1sc2c(N[C@H]3CCN(C)C[C@@H]3F)cccc2c1CC#N. The zero-order valence-corrected chi connectivity index (χ0v) is 14.7. The molecule has 3 nitrogen and oxygen atoms in total. The van der Waals surface area contributed by atoms with Gasteiger partial charge in [0.1, 0.15) is 6.17 Å². The van der Waals surface area contributed by atoms with Gasteiger partial charge in [-0.15, -0.1) is 17.3 Å². The molecule has 2 aromatic rings. The molecular formula is C19H20FN3S. The molecule has 1 N–H and O–H groups in total. The predicted molar refractivity (Wildman–Crippen MR) is 98.1 cm³/mol. The molecule has 0 bridgehead atoms. The van der Waals surface area contributed by atoms with E-state index in [4.69, 9.17) is 5.26 Å². The number of benzene rings is 1. The number of hydrogen-bond donors (Lipinski definition) is 1. The van der Waals surface area contributed by atoms with E-state index in [-0.39, 0.29) is 6.04 Å². The molecule has 1 saturated heterocycles. The zero-order chi connectivity index (χ0) is 17.1. The lowest BCUT2D eigenvalue weighted by Gasteiger charge is -2.33. The smallest absolute Gasteiger partial charge is 0.133 e. The highest BCUT2D eigenvalue weighted by atomic mass is 32.1. The first-order chi connectivity index (χ1) is 11.6. The van der Waals surface area contributed by atoms with E-state index in [1.54, 1.807) is 18.3 Å². The Morgan fingerprint density at radius 2 is 2.29 bits per heavy atom. The molecule has 0 amide bonds. The summed E-state index contributed by atoms with van der Waals surface area (Å²) in [7, 11) is 1.95. The van der Waals surface area contributed by atoms with Gasteiger partial charge in [-0.05, 0) is 26.5 Å². The van der Waals surface area contributed by atoms with Crippen LogP contribution in [0, 0.1) is 23.2 Å². The molecule has 24 heavy (non-hydrogen) atoms. The lowest BCUT2D eigenvalue weighted by atomic mass is 10.0. The second-order valence-corrected chi connectivity index (χ2v) is 7.14. The van der Waals surface area contributed by atoms with Gasteiger partial charge >= 0.3 is 0 Å². The van der Waals surface area contributed by atoms with Crippen molar-refractivity contribution >= 4 is 27.1 Å². The van der Waals surface area contributed by atoms with Crippen molar-refractivity contribution < 1.29 is 4.39 Å². The molecule has 2 heterocycles. The molecule has 0 saturated carbocycles. The van der Waals surface area contributed by atoms with E-state index in [0.717, 1.165) is 39.2 Å². The summed E-state index contributed by atoms with van der Waals surface area (Å²) in [5.74, 6) is 6.03. The minimum atomic E-state index is -0.882. The summed E-state index contributed by atoms with van der Waals surface area (Å²) in [4.78, 5) is 2.96. The minimum Gasteiger partial charge on any atom is -0.378 e. The highest BCUT2D eigenvalue weighted by molar-refractivity contribution is 7.20. The first-order valence-corrected chi connectivity index (χ1v) is 8.89. The number of rotatable bonds is 3. The van der Waals surface area contributed by atoms with Crippen LogP contribution in [0.15, 0.2) is 18.2 Å². The van der Waals surface area contributed by atoms with E-state index >= 15 is 0 Å². The first-order valence-electron chi connectivity index (χ1n) is 8.07. The van der Waals surface area contributed by atoms with Gasteiger partial charge in [-0.2, -0.15) is 5.26 Å². The van der Waals surface area contributed by atoms with Gasteiger partial charge in [-0.25, -0.2) is 4.39 Å². The van der Waals surface area contributed by atoms with Gasteiger partial charge in [0.15, 0.2) is 0 Å². The van der Waals surface area contributed by atoms with Gasteiger partial charge in [-0.3, -0.25) is 0 Å². The number of nitrogens with one attached hydrogen (secondary N) is 1. The zero-order valence-electron chi connectivity index (χ0n) is 13.9. The number of fused-ring (bicyclic) bond motifs is 1. The Bertz CT molecular complexity index is 840. The molecule has 1 aliphatic rings. The Hall–Kier alpha value is -2.08. The van der Waals surface area contributed by atoms with Crippen molar-refractivity contribution in [2.45, 2.75) is 32.0 Å². The van der Waals surface area contributed by atoms with Crippen molar-refractivity contribution in [2.24, 2.45) is 0 Å². The second-order valence-electron chi connectivity index (χ2n) is 6.12. The number of anilines is 1. The van der Waals surface area contributed by atoms with E-state index in [2.05, 4.69) is 23.2 Å². The number of likely N-dealkylation sites (tertiary alicyclic amines) is 1. The third-order valence-corrected chi connectivity index (χ3v) is 5.59. The van der Waals surface area contributed by atoms with Crippen molar-refractivity contribution in [3.8, 4) is 17.9 Å². The number of nitrogens with zero attached hydrogens (tertiary/aromatic N) is 2. The molecule has 2 atom stereocenters. The molecule has 3 rings (SSSR count). The van der Waals surface area contributed by atoms with Crippen LogP contribution in [-0.4, -0.2) is 37.3 Å². The molecule has 0 unspecified atom stereocenters. The maximum atomic E-state index is 14.3. The van der Waals surface area contributed by atoms with Gasteiger partial charge in [0.2, 0.25) is 0 Å². The van der Waals surface area contributed by atoms with Crippen LogP contribution in [0.25, 0.3) is 10.1 Å². The lowest BCUT2D eigenvalue weighted by molar-refractivity contribution is 0.149. The summed E-state index contributed by atoms with van der Waals surface area (Å²) in [6.45, 7) is 3.15. The van der Waals surface area contributed by atoms with Crippen LogP contribution >= 0.6 is 11.3 Å². The molecule has 1 aliphatic heterocycles. The van der Waals surface area contributed by atoms with Crippen molar-refractivity contribution in [2.75, 3.05) is 25.5 Å². The summed E-state index contributed by atoms with van der Waals surface area (Å²) in [6, 6.07) is 8.03. The summed E-state index contributed by atoms with van der Waals surface area (Å²) >= 11 is 1.59. The standard InChI is InChI=1S/C19H20FN3S/c1-3-5-18-13(8-10-21)14-6-4-7-17(19(14)24-18)22-16-9-11-23(2)12-15(16)20/h4,6-7,15-16,22H,8-9,11-12H2,1-2H3/t15-,16-/m0/s1. The quantitative estimate of drug-likeness (QED) is 0.863. The van der Waals surface area contributed by atoms with Gasteiger partial charge in [0.25, 0.3) is 0 Å². The number of alkyl halides is 1. The Kier molecular flexibility index (Phi) is 5.04. The third kappa shape index (κ3) is 3.24. The largest absolute Gasteiger partial charge is 0.378 e. The monoisotopic (exact) mass is 341 g/mol. The van der Waals surface area contributed by atoms with Crippen molar-refractivity contribution in [3.63, 3.8) is 0 Å². The minimum absolute atomic E-state index is 0.172. The van der Waals surface area contributed by atoms with Gasteiger partial charge in [0, 0.05) is 24.0 Å². The van der Waals surface area contributed by atoms with Crippen LogP contribution in [0.3, 0.4) is 0 Å². The van der Waals surface area contributed by atoms with Crippen molar-refractivity contribution in [1.82, 2.24) is 4.90 Å². The Morgan fingerprint density at radius 1 is 1.46 bits per heavy atom. The molecule has 1 fully saturated rings. The van der Waals surface area contributed by atoms with Crippen LogP contribution in [0.5, 0.6) is 0 Å². The average molecular weight is 341 g/mol. The maximum Gasteiger partial charge on any atom is 0.133 e. The maximum absolute atomic E-state index is 14.3. The number of piperidine rings is 1. The van der Waals surface area contributed by atoms with Gasteiger partial charge < -0.3 is 10.2 Å². The Labute approximate surface area is 146 Å². The van der Waals surface area contributed by atoms with Crippen LogP contribution in [0.2, 0.25) is 0 Å². The third-order valence-electron chi connectivity index (χ3n) is 4.40. The van der Waals surface area contributed by atoms with E-state index in [1.165, 1.54) is 0 Å². The number of hydrogen-bond acceptors (Lipinski definition) is 4. The fourth-order valence-corrected chi connectivity index (χ4v) is 4.37. The number of halogens is 1. The number of thiophene rings is 1. The van der Waals surface area contributed by atoms with Gasteiger partial charge in [0.05, 0.1) is 33.8 Å². The molecule has 0 spiro atoms. The Balaban J connectivity index is 1.98. The van der Waals surface area contributed by atoms with Crippen molar-refractivity contribution in [1.29, 1.82) is 5.26 Å². The lowest BCUT2D eigenvalue weighted by Crippen LogP contribution is -2.46. The molecule has 0 aliphatic carbocycles. The first kappa shape index (κ1) is 16.8. The normalized spacial score (nSPS) is 21.1. The molecule has 5 heteroatoms. The molecule has 1 aromatic carbocycles. The van der Waals surface area contributed by atoms with E-state index in [0.29, 0.717) is 13.0 Å². The fourth-order valence-electron chi connectivity index (χ4n) is 3.17. The molecule has 124 valence electrons. The van der Waals surface area contributed by atoms with Crippen LogP contribution < -0.4 is 5.32 Å². The Morgan fingerprint density at radius 3 is 3.00 bits per heavy atom. The number of nitriles is 1. The van der Waals surface area contributed by atoms with E-state index < -0.39 is 6.17 Å².